The van der Waals surface area contributed by atoms with E-state index in [0.29, 0.717) is 6.61 Å². The molecule has 0 radical (unpaired) electrons. The first kappa shape index (κ1) is 17.7. The number of nitrogens with zero attached hydrogens (tertiary/aromatic N) is 3. The van der Waals surface area contributed by atoms with Crippen LogP contribution in [0.1, 0.15) is 13.8 Å². The molecule has 0 aliphatic carbocycles. The highest BCUT2D eigenvalue weighted by atomic mass is 32.1. The molecule has 1 aromatic carbocycles. The minimum Gasteiger partial charge on any atom is -0.380 e. The number of pyridine rings is 1. The van der Waals surface area contributed by atoms with Crippen LogP contribution in [0.15, 0.2) is 61.2 Å². The van der Waals surface area contributed by atoms with Gasteiger partial charge in [-0.3, -0.25) is 0 Å². The van der Waals surface area contributed by atoms with Crippen LogP contribution >= 0.6 is 11.3 Å². The van der Waals surface area contributed by atoms with Crippen molar-refractivity contribution in [2.24, 2.45) is 0 Å². The van der Waals surface area contributed by atoms with E-state index in [0.717, 1.165) is 39.0 Å². The van der Waals surface area contributed by atoms with Gasteiger partial charge in [0.25, 0.3) is 0 Å². The monoisotopic (exact) mass is 378 g/mol. The molecule has 1 unspecified atom stereocenters. The van der Waals surface area contributed by atoms with Gasteiger partial charge in [-0.15, -0.1) is 0 Å². The normalized spacial score (nSPS) is 12.4. The lowest BCUT2D eigenvalue weighted by molar-refractivity contribution is 0.141. The Hall–Kier alpha value is -2.70. The molecule has 1 N–H and O–H groups in total. The molecule has 0 aliphatic heterocycles. The summed E-state index contributed by atoms with van der Waals surface area (Å²) in [7, 11) is 0. The van der Waals surface area contributed by atoms with Gasteiger partial charge in [0.1, 0.15) is 5.65 Å². The van der Waals surface area contributed by atoms with Gasteiger partial charge < -0.3 is 14.5 Å². The van der Waals surface area contributed by atoms with Crippen molar-refractivity contribution in [3.63, 3.8) is 0 Å². The first-order valence-electron chi connectivity index (χ1n) is 9.07. The highest BCUT2D eigenvalue weighted by molar-refractivity contribution is 7.18. The minimum atomic E-state index is 0.222. The molecular formula is C21H22N4OS. The molecule has 1 atom stereocenters. The molecule has 6 heteroatoms. The van der Waals surface area contributed by atoms with Crippen LogP contribution in [0.2, 0.25) is 0 Å². The van der Waals surface area contributed by atoms with Crippen LogP contribution in [-0.2, 0) is 4.74 Å². The van der Waals surface area contributed by atoms with Gasteiger partial charge in [-0.25, -0.2) is 9.97 Å². The first-order valence-corrected chi connectivity index (χ1v) is 9.89. The highest BCUT2D eigenvalue weighted by Gasteiger charge is 2.12. The average molecular weight is 379 g/mol. The van der Waals surface area contributed by atoms with E-state index in [9.17, 15) is 0 Å². The number of hydrogen-bond acceptors (Lipinski definition) is 5. The topological polar surface area (TPSA) is 51.5 Å². The lowest BCUT2D eigenvalue weighted by Crippen LogP contribution is -2.21. The van der Waals surface area contributed by atoms with Gasteiger partial charge in [0.05, 0.1) is 11.5 Å². The average Bonchev–Trinajstić information content (AvgIpc) is 3.35. The van der Waals surface area contributed by atoms with E-state index < -0.39 is 0 Å². The van der Waals surface area contributed by atoms with Crippen molar-refractivity contribution in [3.8, 4) is 21.6 Å². The number of benzene rings is 1. The van der Waals surface area contributed by atoms with Gasteiger partial charge in [-0.2, -0.15) is 0 Å². The van der Waals surface area contributed by atoms with E-state index in [1.807, 2.05) is 31.6 Å². The van der Waals surface area contributed by atoms with E-state index in [-0.39, 0.29) is 6.04 Å². The second kappa shape index (κ2) is 7.90. The fourth-order valence-electron chi connectivity index (χ4n) is 3.02. The van der Waals surface area contributed by atoms with E-state index in [1.165, 1.54) is 0 Å². The molecule has 0 saturated carbocycles. The van der Waals surface area contributed by atoms with Crippen molar-refractivity contribution in [3.05, 3.63) is 61.2 Å². The molecule has 4 aromatic rings. The standard InChI is InChI=1S/C21H22N4OS/c1-3-26-14-15(2)24-21-23-12-19(27-21)17-11-18(16-7-5-4-6-8-16)20-22-9-10-25(20)13-17/h4-13,15H,3,14H2,1-2H3,(H,23,24). The SMILES string of the molecule is CCOCC(C)Nc1ncc(-c2cc(-c3ccccc3)c3nccn3c2)s1. The number of hydrogen-bond donors (Lipinski definition) is 1. The molecule has 3 heterocycles. The fourth-order valence-corrected chi connectivity index (χ4v) is 3.93. The summed E-state index contributed by atoms with van der Waals surface area (Å²) in [5, 5.41) is 4.32. The molecule has 27 heavy (non-hydrogen) atoms. The van der Waals surface area contributed by atoms with Crippen molar-refractivity contribution in [1.82, 2.24) is 14.4 Å². The molecule has 3 aromatic heterocycles. The molecule has 4 rings (SSSR count). The van der Waals surface area contributed by atoms with Crippen LogP contribution in [0.3, 0.4) is 0 Å². The van der Waals surface area contributed by atoms with E-state index in [2.05, 4.69) is 63.1 Å². The Kier molecular flexibility index (Phi) is 5.18. The molecule has 0 aliphatic rings. The third-order valence-corrected chi connectivity index (χ3v) is 5.28. The smallest absolute Gasteiger partial charge is 0.183 e. The summed E-state index contributed by atoms with van der Waals surface area (Å²) in [6.45, 7) is 5.50. The van der Waals surface area contributed by atoms with E-state index in [4.69, 9.17) is 4.74 Å². The maximum atomic E-state index is 5.47. The second-order valence-corrected chi connectivity index (χ2v) is 7.43. The van der Waals surface area contributed by atoms with Crippen LogP contribution in [0, 0.1) is 0 Å². The number of rotatable bonds is 7. The molecule has 0 amide bonds. The van der Waals surface area contributed by atoms with Gasteiger partial charge >= 0.3 is 0 Å². The number of fused-ring (bicyclic) bond motifs is 1. The zero-order chi connectivity index (χ0) is 18.6. The summed E-state index contributed by atoms with van der Waals surface area (Å²) in [5.41, 5.74) is 4.36. The van der Waals surface area contributed by atoms with Crippen LogP contribution in [-0.4, -0.2) is 33.6 Å². The minimum absolute atomic E-state index is 0.222. The number of aromatic nitrogens is 3. The number of anilines is 1. The van der Waals surface area contributed by atoms with Crippen molar-refractivity contribution in [2.75, 3.05) is 18.5 Å². The van der Waals surface area contributed by atoms with Crippen molar-refractivity contribution < 1.29 is 4.74 Å². The predicted octanol–water partition coefficient (Wildman–Crippen LogP) is 4.96. The molecule has 5 nitrogen and oxygen atoms in total. The van der Waals surface area contributed by atoms with Gasteiger partial charge in [0.2, 0.25) is 0 Å². The lowest BCUT2D eigenvalue weighted by Gasteiger charge is -2.12. The summed E-state index contributed by atoms with van der Waals surface area (Å²) in [4.78, 5) is 10.2. The van der Waals surface area contributed by atoms with Crippen LogP contribution in [0.4, 0.5) is 5.13 Å². The molecular weight excluding hydrogens is 356 g/mol. The Morgan fingerprint density at radius 2 is 2.04 bits per heavy atom. The summed E-state index contributed by atoms with van der Waals surface area (Å²) >= 11 is 1.65. The van der Waals surface area contributed by atoms with E-state index in [1.54, 1.807) is 11.3 Å². The maximum absolute atomic E-state index is 5.47. The number of thiazole rings is 1. The van der Waals surface area contributed by atoms with Gasteiger partial charge in [-0.05, 0) is 25.5 Å². The molecule has 0 spiro atoms. The molecule has 0 fully saturated rings. The van der Waals surface area contributed by atoms with Gasteiger partial charge in [0, 0.05) is 48.6 Å². The van der Waals surface area contributed by atoms with E-state index >= 15 is 0 Å². The largest absolute Gasteiger partial charge is 0.380 e. The molecule has 138 valence electrons. The van der Waals surface area contributed by atoms with Crippen molar-refractivity contribution >= 4 is 22.1 Å². The van der Waals surface area contributed by atoms with Crippen molar-refractivity contribution in [1.29, 1.82) is 0 Å². The maximum Gasteiger partial charge on any atom is 0.183 e. The van der Waals surface area contributed by atoms with Crippen LogP contribution < -0.4 is 5.32 Å². The quantitative estimate of drug-likeness (QED) is 0.494. The Morgan fingerprint density at radius 3 is 2.85 bits per heavy atom. The summed E-state index contributed by atoms with van der Waals surface area (Å²) in [6, 6.07) is 12.8. The lowest BCUT2D eigenvalue weighted by atomic mass is 10.0. The van der Waals surface area contributed by atoms with Crippen molar-refractivity contribution in [2.45, 2.75) is 19.9 Å². The Bertz CT molecular complexity index is 1030. The van der Waals surface area contributed by atoms with Crippen LogP contribution in [0.25, 0.3) is 27.2 Å². The number of nitrogens with one attached hydrogen (secondary N) is 1. The third-order valence-electron chi connectivity index (χ3n) is 4.30. The van der Waals surface area contributed by atoms with Gasteiger partial charge in [-0.1, -0.05) is 41.7 Å². The highest BCUT2D eigenvalue weighted by Crippen LogP contribution is 2.33. The Morgan fingerprint density at radius 1 is 1.19 bits per heavy atom. The second-order valence-electron chi connectivity index (χ2n) is 6.40. The first-order chi connectivity index (χ1) is 13.2. The zero-order valence-electron chi connectivity index (χ0n) is 15.4. The summed E-state index contributed by atoms with van der Waals surface area (Å²) < 4.78 is 7.54. The summed E-state index contributed by atoms with van der Waals surface area (Å²) in [6.07, 6.45) is 7.85. The Balaban J connectivity index is 1.67. The van der Waals surface area contributed by atoms with Crippen LogP contribution in [0.5, 0.6) is 0 Å². The molecule has 0 saturated heterocycles. The number of imidazole rings is 1. The predicted molar refractivity (Wildman–Crippen MR) is 111 cm³/mol. The zero-order valence-corrected chi connectivity index (χ0v) is 16.2. The summed E-state index contributed by atoms with van der Waals surface area (Å²) in [5.74, 6) is 0. The number of ether oxygens (including phenoxy) is 1. The third kappa shape index (κ3) is 3.86. The Labute approximate surface area is 162 Å². The molecule has 0 bridgehead atoms. The fraction of sp³-hybridized carbons (Fsp3) is 0.238. The van der Waals surface area contributed by atoms with Gasteiger partial charge in [0.15, 0.2) is 5.13 Å².